The van der Waals surface area contributed by atoms with Crippen LogP contribution in [0.2, 0.25) is 0 Å². The summed E-state index contributed by atoms with van der Waals surface area (Å²) in [6, 6.07) is 6.92. The van der Waals surface area contributed by atoms with E-state index < -0.39 is 17.3 Å². The lowest BCUT2D eigenvalue weighted by Crippen LogP contribution is -2.23. The van der Waals surface area contributed by atoms with Gasteiger partial charge in [0, 0.05) is 18.2 Å². The van der Waals surface area contributed by atoms with E-state index in [4.69, 9.17) is 9.15 Å². The Hall–Kier alpha value is -3.02. The number of aromatic nitrogens is 1. The number of carbonyl (C=O) groups is 1. The highest BCUT2D eigenvalue weighted by molar-refractivity contribution is 5.93. The SMILES string of the molecule is CCOC(=O)c1c(O)n2ccccc2c(Cc2ccoc2)c1=O. The molecule has 0 aromatic carbocycles. The van der Waals surface area contributed by atoms with E-state index in [0.29, 0.717) is 11.1 Å². The highest BCUT2D eigenvalue weighted by Crippen LogP contribution is 2.22. The van der Waals surface area contributed by atoms with Gasteiger partial charge in [-0.15, -0.1) is 0 Å². The molecule has 3 aromatic rings. The van der Waals surface area contributed by atoms with Gasteiger partial charge in [0.25, 0.3) is 0 Å². The number of rotatable bonds is 4. The second-order valence-corrected chi connectivity index (χ2v) is 4.99. The number of furan rings is 1. The summed E-state index contributed by atoms with van der Waals surface area (Å²) in [5.41, 5.74) is 0.841. The molecule has 0 spiro atoms. The first kappa shape index (κ1) is 14.9. The van der Waals surface area contributed by atoms with Crippen LogP contribution in [0.5, 0.6) is 5.88 Å². The molecule has 0 aliphatic rings. The predicted molar refractivity (Wildman–Crippen MR) is 82.8 cm³/mol. The van der Waals surface area contributed by atoms with Crippen LogP contribution >= 0.6 is 0 Å². The molecule has 1 N–H and O–H groups in total. The van der Waals surface area contributed by atoms with E-state index in [1.807, 2.05) is 0 Å². The summed E-state index contributed by atoms with van der Waals surface area (Å²) in [5, 5.41) is 10.3. The van der Waals surface area contributed by atoms with Gasteiger partial charge >= 0.3 is 5.97 Å². The first-order valence-corrected chi connectivity index (χ1v) is 7.17. The Labute approximate surface area is 131 Å². The number of pyridine rings is 2. The number of hydrogen-bond donors (Lipinski definition) is 1. The van der Waals surface area contributed by atoms with Crippen molar-refractivity contribution in [3.63, 3.8) is 0 Å². The molecule has 23 heavy (non-hydrogen) atoms. The molecule has 3 rings (SSSR count). The minimum atomic E-state index is -0.832. The lowest BCUT2D eigenvalue weighted by molar-refractivity contribution is 0.0520. The van der Waals surface area contributed by atoms with Crippen molar-refractivity contribution in [2.75, 3.05) is 6.61 Å². The third kappa shape index (κ3) is 2.59. The summed E-state index contributed by atoms with van der Waals surface area (Å²) >= 11 is 0. The maximum atomic E-state index is 12.7. The van der Waals surface area contributed by atoms with Crippen molar-refractivity contribution < 1.29 is 19.1 Å². The Bertz CT molecular complexity index is 909. The first-order chi connectivity index (χ1) is 11.1. The minimum Gasteiger partial charge on any atom is -0.493 e. The summed E-state index contributed by atoms with van der Waals surface area (Å²) < 4.78 is 11.3. The van der Waals surface area contributed by atoms with Gasteiger partial charge in [-0.25, -0.2) is 4.79 Å². The number of nitrogens with zero attached hydrogens (tertiary/aromatic N) is 1. The van der Waals surface area contributed by atoms with Gasteiger partial charge in [-0.05, 0) is 30.7 Å². The normalized spacial score (nSPS) is 10.8. The van der Waals surface area contributed by atoms with Gasteiger partial charge in [0.2, 0.25) is 11.3 Å². The molecule has 0 saturated carbocycles. The number of ether oxygens (including phenoxy) is 1. The van der Waals surface area contributed by atoms with E-state index in [2.05, 4.69) is 0 Å². The van der Waals surface area contributed by atoms with Crippen molar-refractivity contribution in [3.05, 3.63) is 69.9 Å². The summed E-state index contributed by atoms with van der Waals surface area (Å²) in [7, 11) is 0. The molecule has 0 unspecified atom stereocenters. The fourth-order valence-electron chi connectivity index (χ4n) is 2.52. The molecule has 6 heteroatoms. The zero-order valence-electron chi connectivity index (χ0n) is 12.5. The molecule has 0 saturated heterocycles. The third-order valence-electron chi connectivity index (χ3n) is 3.56. The number of fused-ring (bicyclic) bond motifs is 1. The Morgan fingerprint density at radius 3 is 2.87 bits per heavy atom. The van der Waals surface area contributed by atoms with Gasteiger partial charge < -0.3 is 14.3 Å². The topological polar surface area (TPSA) is 81.2 Å². The van der Waals surface area contributed by atoms with E-state index in [-0.39, 0.29) is 18.6 Å². The molecule has 3 aromatic heterocycles. The Kier molecular flexibility index (Phi) is 3.89. The molecule has 118 valence electrons. The average Bonchev–Trinajstić information content (AvgIpc) is 3.05. The Balaban J connectivity index is 2.28. The summed E-state index contributed by atoms with van der Waals surface area (Å²) in [6.07, 6.45) is 4.93. The van der Waals surface area contributed by atoms with Gasteiger partial charge in [-0.3, -0.25) is 9.20 Å². The van der Waals surface area contributed by atoms with Gasteiger partial charge in [-0.1, -0.05) is 6.07 Å². The van der Waals surface area contributed by atoms with E-state index in [9.17, 15) is 14.7 Å². The monoisotopic (exact) mass is 313 g/mol. The largest absolute Gasteiger partial charge is 0.493 e. The molecule has 0 fully saturated rings. The number of aromatic hydroxyl groups is 1. The highest BCUT2D eigenvalue weighted by Gasteiger charge is 2.23. The van der Waals surface area contributed by atoms with Gasteiger partial charge in [0.05, 0.1) is 24.6 Å². The summed E-state index contributed by atoms with van der Waals surface area (Å²) in [4.78, 5) is 24.8. The predicted octanol–water partition coefficient (Wildman–Crippen LogP) is 2.37. The second-order valence-electron chi connectivity index (χ2n) is 4.99. The van der Waals surface area contributed by atoms with Crippen LogP contribution in [0.25, 0.3) is 5.52 Å². The van der Waals surface area contributed by atoms with E-state index in [1.165, 1.54) is 16.9 Å². The van der Waals surface area contributed by atoms with Gasteiger partial charge in [-0.2, -0.15) is 0 Å². The number of hydrogen-bond acceptors (Lipinski definition) is 5. The average molecular weight is 313 g/mol. The van der Waals surface area contributed by atoms with E-state index in [0.717, 1.165) is 5.56 Å². The van der Waals surface area contributed by atoms with Crippen LogP contribution < -0.4 is 5.43 Å². The van der Waals surface area contributed by atoms with Crippen LogP contribution in [-0.4, -0.2) is 22.1 Å². The molecule has 0 atom stereocenters. The van der Waals surface area contributed by atoms with Crippen LogP contribution in [0.3, 0.4) is 0 Å². The van der Waals surface area contributed by atoms with Gasteiger partial charge in [0.1, 0.15) is 0 Å². The molecular weight excluding hydrogens is 298 g/mol. The lowest BCUT2D eigenvalue weighted by Gasteiger charge is -2.12. The van der Waals surface area contributed by atoms with Crippen molar-refractivity contribution in [2.24, 2.45) is 0 Å². The van der Waals surface area contributed by atoms with Crippen LogP contribution in [-0.2, 0) is 11.2 Å². The fraction of sp³-hybridized carbons (Fsp3) is 0.176. The zero-order valence-corrected chi connectivity index (χ0v) is 12.5. The van der Waals surface area contributed by atoms with Crippen LogP contribution in [0.1, 0.15) is 28.4 Å². The minimum absolute atomic E-state index is 0.117. The first-order valence-electron chi connectivity index (χ1n) is 7.17. The van der Waals surface area contributed by atoms with Crippen molar-refractivity contribution in [2.45, 2.75) is 13.3 Å². The molecular formula is C17H15NO5. The highest BCUT2D eigenvalue weighted by atomic mass is 16.5. The van der Waals surface area contributed by atoms with Crippen LogP contribution in [0, 0.1) is 0 Å². The van der Waals surface area contributed by atoms with Crippen molar-refractivity contribution >= 4 is 11.5 Å². The molecule has 0 aliphatic carbocycles. The zero-order chi connectivity index (χ0) is 16.4. The van der Waals surface area contributed by atoms with Crippen molar-refractivity contribution in [3.8, 4) is 5.88 Å². The number of carbonyl (C=O) groups excluding carboxylic acids is 1. The van der Waals surface area contributed by atoms with Crippen LogP contribution in [0.15, 0.2) is 52.2 Å². The Morgan fingerprint density at radius 2 is 2.17 bits per heavy atom. The summed E-state index contributed by atoms with van der Waals surface area (Å²) in [6.45, 7) is 1.76. The Morgan fingerprint density at radius 1 is 1.35 bits per heavy atom. The third-order valence-corrected chi connectivity index (χ3v) is 3.56. The second kappa shape index (κ2) is 6.00. The smallest absolute Gasteiger partial charge is 0.347 e. The van der Waals surface area contributed by atoms with Crippen molar-refractivity contribution in [1.29, 1.82) is 0 Å². The molecule has 0 aliphatic heterocycles. The molecule has 0 amide bonds. The standard InChI is InChI=1S/C17H15NO5/c1-2-23-17(21)14-15(19)12(9-11-6-8-22-10-11)13-5-3-4-7-18(13)16(14)20/h3-8,10,20H,2,9H2,1H3. The fourth-order valence-corrected chi connectivity index (χ4v) is 2.52. The van der Waals surface area contributed by atoms with E-state index in [1.54, 1.807) is 37.4 Å². The molecule has 6 nitrogen and oxygen atoms in total. The van der Waals surface area contributed by atoms with Crippen molar-refractivity contribution in [1.82, 2.24) is 4.40 Å². The quantitative estimate of drug-likeness (QED) is 0.748. The molecule has 0 bridgehead atoms. The molecule has 3 heterocycles. The maximum Gasteiger partial charge on any atom is 0.347 e. The van der Waals surface area contributed by atoms with E-state index >= 15 is 0 Å². The maximum absolute atomic E-state index is 12.7. The van der Waals surface area contributed by atoms with Gasteiger partial charge in [0.15, 0.2) is 5.56 Å². The summed E-state index contributed by atoms with van der Waals surface area (Å²) in [5.74, 6) is -1.25. The molecule has 0 radical (unpaired) electrons. The lowest BCUT2D eigenvalue weighted by atomic mass is 10.0. The van der Waals surface area contributed by atoms with Crippen LogP contribution in [0.4, 0.5) is 0 Å². The number of esters is 1.